The first kappa shape index (κ1) is 11.3. The van der Waals surface area contributed by atoms with Gasteiger partial charge < -0.3 is 14.6 Å². The van der Waals surface area contributed by atoms with Gasteiger partial charge >= 0.3 is 5.97 Å². The summed E-state index contributed by atoms with van der Waals surface area (Å²) in [5.74, 6) is -0.279. The lowest BCUT2D eigenvalue weighted by Gasteiger charge is -2.27. The number of hydrogen-bond acceptors (Lipinski definition) is 2. The van der Waals surface area contributed by atoms with E-state index in [2.05, 4.69) is 0 Å². The number of aromatic nitrogens is 1. The van der Waals surface area contributed by atoms with Crippen molar-refractivity contribution >= 4 is 11.9 Å². The number of carbonyl (C=O) groups is 2. The molecule has 18 heavy (non-hydrogen) atoms. The van der Waals surface area contributed by atoms with Crippen molar-refractivity contribution in [3.63, 3.8) is 0 Å². The van der Waals surface area contributed by atoms with Crippen LogP contribution in [0.1, 0.15) is 29.8 Å². The first-order valence-electron chi connectivity index (χ1n) is 6.33. The maximum Gasteiger partial charge on any atom is 0.352 e. The van der Waals surface area contributed by atoms with Crippen molar-refractivity contribution in [2.75, 3.05) is 6.54 Å². The van der Waals surface area contributed by atoms with Gasteiger partial charge in [0.05, 0.1) is 0 Å². The summed E-state index contributed by atoms with van der Waals surface area (Å²) in [5, 5.41) is 8.99. The third-order valence-corrected chi connectivity index (χ3v) is 4.08. The zero-order valence-electron chi connectivity index (χ0n) is 10.1. The van der Waals surface area contributed by atoms with E-state index in [1.54, 1.807) is 12.3 Å². The van der Waals surface area contributed by atoms with Crippen LogP contribution in [0.4, 0.5) is 0 Å². The third kappa shape index (κ3) is 1.79. The SMILES string of the molecule is O=C(O)c1cccn1CC(=O)N1CC2CCC1C2. The van der Waals surface area contributed by atoms with E-state index in [0.717, 1.165) is 19.4 Å². The molecule has 1 amide bonds. The number of likely N-dealkylation sites (tertiary alicyclic amines) is 1. The Kier molecular flexibility index (Phi) is 2.61. The maximum absolute atomic E-state index is 12.2. The highest BCUT2D eigenvalue weighted by molar-refractivity contribution is 5.87. The molecule has 1 saturated heterocycles. The molecule has 1 aromatic heterocycles. The summed E-state index contributed by atoms with van der Waals surface area (Å²) < 4.78 is 1.51. The fourth-order valence-corrected chi connectivity index (χ4v) is 3.21. The number of rotatable bonds is 3. The van der Waals surface area contributed by atoms with Crippen molar-refractivity contribution in [1.82, 2.24) is 9.47 Å². The smallest absolute Gasteiger partial charge is 0.352 e. The Labute approximate surface area is 105 Å². The highest BCUT2D eigenvalue weighted by Crippen LogP contribution is 2.37. The molecule has 0 aromatic carbocycles. The van der Waals surface area contributed by atoms with Gasteiger partial charge in [-0.25, -0.2) is 4.79 Å². The molecule has 2 bridgehead atoms. The normalized spacial score (nSPS) is 25.7. The van der Waals surface area contributed by atoms with Gasteiger partial charge in [-0.3, -0.25) is 4.79 Å². The molecule has 0 spiro atoms. The monoisotopic (exact) mass is 248 g/mol. The van der Waals surface area contributed by atoms with Gasteiger partial charge in [-0.05, 0) is 37.3 Å². The van der Waals surface area contributed by atoms with E-state index < -0.39 is 5.97 Å². The van der Waals surface area contributed by atoms with Crippen LogP contribution in [0.25, 0.3) is 0 Å². The number of fused-ring (bicyclic) bond motifs is 2. The van der Waals surface area contributed by atoms with Crippen LogP contribution in [0, 0.1) is 5.92 Å². The molecule has 0 radical (unpaired) electrons. The summed E-state index contributed by atoms with van der Waals surface area (Å²) in [6.45, 7) is 0.991. The molecule has 5 heteroatoms. The van der Waals surface area contributed by atoms with Crippen LogP contribution in [-0.2, 0) is 11.3 Å². The number of amides is 1. The fourth-order valence-electron chi connectivity index (χ4n) is 3.21. The summed E-state index contributed by atoms with van der Waals surface area (Å²) in [7, 11) is 0. The van der Waals surface area contributed by atoms with Crippen LogP contribution in [0.15, 0.2) is 18.3 Å². The van der Waals surface area contributed by atoms with Crippen LogP contribution in [0.5, 0.6) is 0 Å². The number of piperidine rings is 1. The fraction of sp³-hybridized carbons (Fsp3) is 0.538. The van der Waals surface area contributed by atoms with E-state index in [1.165, 1.54) is 17.1 Å². The second-order valence-electron chi connectivity index (χ2n) is 5.21. The topological polar surface area (TPSA) is 62.5 Å². The molecule has 2 aliphatic rings. The predicted octanol–water partition coefficient (Wildman–Crippen LogP) is 1.20. The molecule has 2 unspecified atom stereocenters. The molecule has 2 atom stereocenters. The van der Waals surface area contributed by atoms with Gasteiger partial charge in [0.25, 0.3) is 0 Å². The van der Waals surface area contributed by atoms with Crippen molar-refractivity contribution in [1.29, 1.82) is 0 Å². The van der Waals surface area contributed by atoms with Gasteiger partial charge in [0.2, 0.25) is 5.91 Å². The van der Waals surface area contributed by atoms with E-state index in [9.17, 15) is 9.59 Å². The van der Waals surface area contributed by atoms with Gasteiger partial charge in [0.15, 0.2) is 0 Å². The molecule has 1 aliphatic heterocycles. The minimum Gasteiger partial charge on any atom is -0.477 e. The lowest BCUT2D eigenvalue weighted by Crippen LogP contribution is -2.39. The van der Waals surface area contributed by atoms with E-state index in [4.69, 9.17) is 5.11 Å². The minimum atomic E-state index is -0.990. The van der Waals surface area contributed by atoms with Gasteiger partial charge in [0, 0.05) is 18.8 Å². The average Bonchev–Trinajstić information content (AvgIpc) is 3.03. The number of aromatic carboxylic acids is 1. The van der Waals surface area contributed by atoms with Crippen LogP contribution in [0.2, 0.25) is 0 Å². The summed E-state index contributed by atoms with van der Waals surface area (Å²) in [6, 6.07) is 3.57. The first-order chi connectivity index (χ1) is 8.65. The minimum absolute atomic E-state index is 0.0425. The summed E-state index contributed by atoms with van der Waals surface area (Å²) in [4.78, 5) is 25.1. The maximum atomic E-state index is 12.2. The van der Waals surface area contributed by atoms with Crippen molar-refractivity contribution in [2.45, 2.75) is 31.8 Å². The van der Waals surface area contributed by atoms with E-state index in [-0.39, 0.29) is 18.1 Å². The Morgan fingerprint density at radius 3 is 2.83 bits per heavy atom. The predicted molar refractivity (Wildman–Crippen MR) is 64.2 cm³/mol. The van der Waals surface area contributed by atoms with Gasteiger partial charge in [-0.1, -0.05) is 0 Å². The molecule has 2 fully saturated rings. The second kappa shape index (κ2) is 4.15. The van der Waals surface area contributed by atoms with Crippen molar-refractivity contribution in [3.05, 3.63) is 24.0 Å². The Morgan fingerprint density at radius 2 is 2.22 bits per heavy atom. The van der Waals surface area contributed by atoms with Crippen LogP contribution in [0.3, 0.4) is 0 Å². The van der Waals surface area contributed by atoms with Gasteiger partial charge in [-0.2, -0.15) is 0 Å². The van der Waals surface area contributed by atoms with Gasteiger partial charge in [0.1, 0.15) is 12.2 Å². The highest BCUT2D eigenvalue weighted by atomic mass is 16.4. The molecule has 1 aliphatic carbocycles. The molecule has 1 saturated carbocycles. The second-order valence-corrected chi connectivity index (χ2v) is 5.21. The first-order valence-corrected chi connectivity index (χ1v) is 6.33. The zero-order chi connectivity index (χ0) is 12.7. The van der Waals surface area contributed by atoms with E-state index >= 15 is 0 Å². The molecular weight excluding hydrogens is 232 g/mol. The van der Waals surface area contributed by atoms with Crippen molar-refractivity contribution < 1.29 is 14.7 Å². The molecule has 96 valence electrons. The van der Waals surface area contributed by atoms with Crippen molar-refractivity contribution in [3.8, 4) is 0 Å². The van der Waals surface area contributed by atoms with E-state index in [0.29, 0.717) is 12.0 Å². The van der Waals surface area contributed by atoms with E-state index in [1.807, 2.05) is 4.90 Å². The molecule has 3 rings (SSSR count). The van der Waals surface area contributed by atoms with Crippen LogP contribution < -0.4 is 0 Å². The molecule has 1 N–H and O–H groups in total. The molecule has 5 nitrogen and oxygen atoms in total. The summed E-state index contributed by atoms with van der Waals surface area (Å²) in [5.41, 5.74) is 0.174. The van der Waals surface area contributed by atoms with Gasteiger partial charge in [-0.15, -0.1) is 0 Å². The lowest BCUT2D eigenvalue weighted by atomic mass is 10.1. The Morgan fingerprint density at radius 1 is 1.39 bits per heavy atom. The standard InChI is InChI=1S/C13H16N2O3/c16-12(15-7-9-3-4-10(15)6-9)8-14-5-1-2-11(14)13(17)18/h1-2,5,9-10H,3-4,6-8H2,(H,17,18). The third-order valence-electron chi connectivity index (χ3n) is 4.08. The average molecular weight is 248 g/mol. The summed E-state index contributed by atoms with van der Waals surface area (Å²) in [6.07, 6.45) is 5.12. The molecular formula is C13H16N2O3. The van der Waals surface area contributed by atoms with Crippen LogP contribution in [-0.4, -0.2) is 39.0 Å². The summed E-state index contributed by atoms with van der Waals surface area (Å²) >= 11 is 0. The number of carboxylic acids is 1. The largest absolute Gasteiger partial charge is 0.477 e. The molecule has 2 heterocycles. The molecule has 1 aromatic rings. The highest BCUT2D eigenvalue weighted by Gasteiger charge is 2.40. The quantitative estimate of drug-likeness (QED) is 0.874. The Balaban J connectivity index is 1.71. The number of carbonyl (C=O) groups excluding carboxylic acids is 1. The number of carboxylic acid groups (broad SMARTS) is 1. The Bertz CT molecular complexity index is 494. The lowest BCUT2D eigenvalue weighted by molar-refractivity contribution is -0.133. The Hall–Kier alpha value is -1.78. The van der Waals surface area contributed by atoms with Crippen molar-refractivity contribution in [2.24, 2.45) is 5.92 Å². The number of hydrogen-bond donors (Lipinski definition) is 1. The zero-order valence-corrected chi connectivity index (χ0v) is 10.1. The number of nitrogens with zero attached hydrogens (tertiary/aromatic N) is 2. The van der Waals surface area contributed by atoms with Crippen LogP contribution >= 0.6 is 0 Å².